The average molecular weight is 323 g/mol. The number of carbonyl (C=O) groups excluding carboxylic acids is 1. The van der Waals surface area contributed by atoms with Crippen LogP contribution < -0.4 is 5.32 Å². The van der Waals surface area contributed by atoms with Crippen LogP contribution >= 0.6 is 0 Å². The third-order valence-electron chi connectivity index (χ3n) is 3.88. The molecule has 1 fully saturated rings. The highest BCUT2D eigenvalue weighted by Crippen LogP contribution is 2.32. The van der Waals surface area contributed by atoms with Gasteiger partial charge in [-0.25, -0.2) is 4.98 Å². The van der Waals surface area contributed by atoms with Gasteiger partial charge in [-0.15, -0.1) is 0 Å². The van der Waals surface area contributed by atoms with E-state index in [4.69, 9.17) is 0 Å². The summed E-state index contributed by atoms with van der Waals surface area (Å²) in [6.45, 7) is 1.53. The fraction of sp³-hybridized carbons (Fsp3) is 0.375. The highest BCUT2D eigenvalue weighted by atomic mass is 19.4. The van der Waals surface area contributed by atoms with Crippen molar-refractivity contribution in [3.05, 3.63) is 36.0 Å². The fourth-order valence-electron chi connectivity index (χ4n) is 2.73. The van der Waals surface area contributed by atoms with Gasteiger partial charge < -0.3 is 10.2 Å². The molecule has 1 saturated heterocycles. The number of nitrogens with zero attached hydrogens (tertiary/aromatic N) is 2. The van der Waals surface area contributed by atoms with Gasteiger partial charge in [-0.3, -0.25) is 4.79 Å². The highest BCUT2D eigenvalue weighted by Gasteiger charge is 2.33. The summed E-state index contributed by atoms with van der Waals surface area (Å²) >= 11 is 0. The number of pyridine rings is 1. The molecular weight excluding hydrogens is 307 g/mol. The Bertz CT molecular complexity index is 730. The van der Waals surface area contributed by atoms with Crippen molar-refractivity contribution in [1.82, 2.24) is 9.88 Å². The smallest absolute Gasteiger partial charge is 0.368 e. The van der Waals surface area contributed by atoms with Gasteiger partial charge >= 0.3 is 6.18 Å². The molecule has 7 heteroatoms. The molecule has 1 aromatic carbocycles. The summed E-state index contributed by atoms with van der Waals surface area (Å²) in [7, 11) is 0. The molecule has 122 valence electrons. The molecule has 2 heterocycles. The first-order valence-corrected chi connectivity index (χ1v) is 7.44. The van der Waals surface area contributed by atoms with Crippen LogP contribution in [0.15, 0.2) is 30.3 Å². The highest BCUT2D eigenvalue weighted by molar-refractivity contribution is 5.92. The van der Waals surface area contributed by atoms with Gasteiger partial charge in [0.1, 0.15) is 11.5 Å². The lowest BCUT2D eigenvalue weighted by atomic mass is 10.1. The lowest BCUT2D eigenvalue weighted by Crippen LogP contribution is -2.30. The summed E-state index contributed by atoms with van der Waals surface area (Å²) in [4.78, 5) is 17.0. The SMILES string of the molecule is O=C1CCCN1CCNc1nc(C(F)(F)F)cc2ccccc12. The number of halogens is 3. The Balaban J connectivity index is 1.82. The van der Waals surface area contributed by atoms with E-state index in [9.17, 15) is 18.0 Å². The van der Waals surface area contributed by atoms with Crippen LogP contribution in [0.3, 0.4) is 0 Å². The van der Waals surface area contributed by atoms with E-state index < -0.39 is 11.9 Å². The Morgan fingerprint density at radius 1 is 1.26 bits per heavy atom. The van der Waals surface area contributed by atoms with E-state index in [2.05, 4.69) is 10.3 Å². The number of carbonyl (C=O) groups is 1. The average Bonchev–Trinajstić information content (AvgIpc) is 2.91. The van der Waals surface area contributed by atoms with Gasteiger partial charge in [0.25, 0.3) is 0 Å². The molecule has 1 aliphatic rings. The van der Waals surface area contributed by atoms with Gasteiger partial charge in [-0.2, -0.15) is 13.2 Å². The zero-order valence-electron chi connectivity index (χ0n) is 12.4. The van der Waals surface area contributed by atoms with Crippen molar-refractivity contribution in [2.24, 2.45) is 0 Å². The van der Waals surface area contributed by atoms with Crippen molar-refractivity contribution in [1.29, 1.82) is 0 Å². The number of aromatic nitrogens is 1. The minimum Gasteiger partial charge on any atom is -0.368 e. The second-order valence-corrected chi connectivity index (χ2v) is 5.49. The summed E-state index contributed by atoms with van der Waals surface area (Å²) in [5.41, 5.74) is -0.920. The largest absolute Gasteiger partial charge is 0.433 e. The molecule has 0 aliphatic carbocycles. The summed E-state index contributed by atoms with van der Waals surface area (Å²) < 4.78 is 38.9. The summed E-state index contributed by atoms with van der Waals surface area (Å²) in [5.74, 6) is 0.288. The molecule has 23 heavy (non-hydrogen) atoms. The first-order chi connectivity index (χ1) is 10.9. The maximum absolute atomic E-state index is 13.0. The van der Waals surface area contributed by atoms with Gasteiger partial charge in [-0.05, 0) is 17.9 Å². The predicted octanol–water partition coefficient (Wildman–Crippen LogP) is 3.29. The van der Waals surface area contributed by atoms with Crippen LogP contribution in [0.2, 0.25) is 0 Å². The molecule has 0 atom stereocenters. The van der Waals surface area contributed by atoms with Crippen molar-refractivity contribution in [2.75, 3.05) is 25.0 Å². The Morgan fingerprint density at radius 2 is 2.04 bits per heavy atom. The van der Waals surface area contributed by atoms with Crippen molar-refractivity contribution in [2.45, 2.75) is 19.0 Å². The number of nitrogens with one attached hydrogen (secondary N) is 1. The van der Waals surface area contributed by atoms with E-state index in [0.717, 1.165) is 12.5 Å². The van der Waals surface area contributed by atoms with Crippen molar-refractivity contribution in [3.8, 4) is 0 Å². The second kappa shape index (κ2) is 6.06. The lowest BCUT2D eigenvalue weighted by molar-refractivity contribution is -0.141. The fourth-order valence-corrected chi connectivity index (χ4v) is 2.73. The maximum atomic E-state index is 13.0. The van der Waals surface area contributed by atoms with Crippen molar-refractivity contribution < 1.29 is 18.0 Å². The monoisotopic (exact) mass is 323 g/mol. The lowest BCUT2D eigenvalue weighted by Gasteiger charge is -2.17. The van der Waals surface area contributed by atoms with Gasteiger partial charge in [-0.1, -0.05) is 24.3 Å². The molecule has 0 saturated carbocycles. The first kappa shape index (κ1) is 15.6. The van der Waals surface area contributed by atoms with Gasteiger partial charge in [0.05, 0.1) is 0 Å². The van der Waals surface area contributed by atoms with E-state index in [-0.39, 0.29) is 11.7 Å². The first-order valence-electron chi connectivity index (χ1n) is 7.44. The number of alkyl halides is 3. The number of amides is 1. The molecule has 0 radical (unpaired) electrons. The van der Waals surface area contributed by atoms with Crippen LogP contribution in [0.4, 0.5) is 19.0 Å². The van der Waals surface area contributed by atoms with E-state index >= 15 is 0 Å². The molecule has 0 bridgehead atoms. The Kier molecular flexibility index (Phi) is 4.11. The van der Waals surface area contributed by atoms with Crippen LogP contribution in [-0.2, 0) is 11.0 Å². The van der Waals surface area contributed by atoms with E-state index in [0.29, 0.717) is 36.8 Å². The molecule has 0 unspecified atom stereocenters. The van der Waals surface area contributed by atoms with E-state index in [1.54, 1.807) is 29.2 Å². The van der Waals surface area contributed by atoms with Crippen LogP contribution in [0.1, 0.15) is 18.5 Å². The number of hydrogen-bond acceptors (Lipinski definition) is 3. The van der Waals surface area contributed by atoms with Crippen LogP contribution in [0.5, 0.6) is 0 Å². The molecule has 3 rings (SSSR count). The van der Waals surface area contributed by atoms with Crippen LogP contribution in [-0.4, -0.2) is 35.4 Å². The molecule has 1 amide bonds. The third kappa shape index (κ3) is 3.38. The van der Waals surface area contributed by atoms with Gasteiger partial charge in [0.15, 0.2) is 0 Å². The summed E-state index contributed by atoms with van der Waals surface area (Å²) in [6, 6.07) is 7.85. The van der Waals surface area contributed by atoms with Crippen molar-refractivity contribution in [3.63, 3.8) is 0 Å². The normalized spacial score (nSPS) is 15.4. The molecule has 0 spiro atoms. The zero-order chi connectivity index (χ0) is 16.4. The second-order valence-electron chi connectivity index (χ2n) is 5.49. The summed E-state index contributed by atoms with van der Waals surface area (Å²) in [5, 5.41) is 4.06. The molecule has 4 nitrogen and oxygen atoms in total. The Morgan fingerprint density at radius 3 is 2.74 bits per heavy atom. The topological polar surface area (TPSA) is 45.2 Å². The van der Waals surface area contributed by atoms with Gasteiger partial charge in [0, 0.05) is 31.4 Å². The summed E-state index contributed by atoms with van der Waals surface area (Å²) in [6.07, 6.45) is -3.11. The molecular formula is C16H16F3N3O. The molecule has 2 aromatic rings. The standard InChI is InChI=1S/C16H16F3N3O/c17-16(18,19)13-10-11-4-1-2-5-12(11)15(21-13)20-7-9-22-8-3-6-14(22)23/h1-2,4-5,10H,3,6-9H2,(H,20,21). The third-order valence-corrected chi connectivity index (χ3v) is 3.88. The van der Waals surface area contributed by atoms with E-state index in [1.807, 2.05) is 0 Å². The number of anilines is 1. The minimum atomic E-state index is -4.49. The number of fused-ring (bicyclic) bond motifs is 1. The quantitative estimate of drug-likeness (QED) is 0.939. The van der Waals surface area contributed by atoms with Crippen LogP contribution in [0, 0.1) is 0 Å². The zero-order valence-corrected chi connectivity index (χ0v) is 12.4. The molecule has 1 aliphatic heterocycles. The number of hydrogen-bond donors (Lipinski definition) is 1. The van der Waals surface area contributed by atoms with E-state index in [1.165, 1.54) is 0 Å². The number of likely N-dealkylation sites (tertiary alicyclic amines) is 1. The predicted molar refractivity (Wildman–Crippen MR) is 81.0 cm³/mol. The maximum Gasteiger partial charge on any atom is 0.433 e. The van der Waals surface area contributed by atoms with Gasteiger partial charge in [0.2, 0.25) is 5.91 Å². The Hall–Kier alpha value is -2.31. The van der Waals surface area contributed by atoms with Crippen LogP contribution in [0.25, 0.3) is 10.8 Å². The Labute approximate surface area is 131 Å². The number of benzene rings is 1. The minimum absolute atomic E-state index is 0.0914. The van der Waals surface area contributed by atoms with Crippen molar-refractivity contribution >= 4 is 22.5 Å². The number of rotatable bonds is 4. The molecule has 1 aromatic heterocycles. The molecule has 1 N–H and O–H groups in total.